The van der Waals surface area contributed by atoms with Crippen LogP contribution in [0.3, 0.4) is 0 Å². The summed E-state index contributed by atoms with van der Waals surface area (Å²) in [4.78, 5) is 28.6. The van der Waals surface area contributed by atoms with Gasteiger partial charge in [-0.1, -0.05) is 24.3 Å². The van der Waals surface area contributed by atoms with Gasteiger partial charge in [-0.05, 0) is 37.6 Å². The molecule has 3 aromatic rings. The molecule has 1 aromatic heterocycles. The summed E-state index contributed by atoms with van der Waals surface area (Å²) in [5.41, 5.74) is 6.87. The minimum absolute atomic E-state index is 0.342. The average Bonchev–Trinajstić information content (AvgIpc) is 3.13. The number of H-pyrrole nitrogens is 1. The lowest BCUT2D eigenvalue weighted by Gasteiger charge is -2.28. The Morgan fingerprint density at radius 1 is 1.09 bits per heavy atom. The number of hydrogen-bond donors (Lipinski definition) is 4. The second-order valence-electron chi connectivity index (χ2n) is 7.59. The molecule has 3 amide bonds. The molecule has 2 aromatic carbocycles. The highest BCUT2D eigenvalue weighted by molar-refractivity contribution is 6.02. The second kappa shape index (κ2) is 9.07. The zero-order chi connectivity index (χ0) is 23.5. The van der Waals surface area contributed by atoms with E-state index in [0.29, 0.717) is 28.3 Å². The first-order valence-corrected chi connectivity index (χ1v) is 10.3. The third kappa shape index (κ3) is 4.25. The Balaban J connectivity index is 1.61. The molecule has 0 spiro atoms. The normalized spacial score (nSPS) is 16.0. The molecule has 1 aliphatic heterocycles. The first kappa shape index (κ1) is 21.9. The van der Waals surface area contributed by atoms with E-state index in [4.69, 9.17) is 9.47 Å². The van der Waals surface area contributed by atoms with E-state index in [2.05, 4.69) is 26.1 Å². The molecule has 0 radical (unpaired) electrons. The van der Waals surface area contributed by atoms with Crippen LogP contribution < -0.4 is 25.5 Å². The second-order valence-corrected chi connectivity index (χ2v) is 7.59. The molecule has 9 heteroatoms. The van der Waals surface area contributed by atoms with Crippen LogP contribution >= 0.6 is 0 Å². The molecule has 0 aliphatic carbocycles. The number of methoxy groups -OCH3 is 2. The number of nitrogens with one attached hydrogen (secondary N) is 4. The number of hydrogen-bond acceptors (Lipinski definition) is 5. The molecule has 0 saturated carbocycles. The lowest BCUT2D eigenvalue weighted by atomic mass is 9.94. The number of nitrogens with zero attached hydrogens (tertiary/aromatic N) is 1. The Morgan fingerprint density at radius 3 is 2.61 bits per heavy atom. The van der Waals surface area contributed by atoms with Gasteiger partial charge in [-0.25, -0.2) is 10.2 Å². The van der Waals surface area contributed by atoms with E-state index in [1.165, 1.54) is 7.11 Å². The molecule has 4 N–H and O–H groups in total. The Kier molecular flexibility index (Phi) is 6.03. The Hall–Kier alpha value is -4.27. The lowest BCUT2D eigenvalue weighted by molar-refractivity contribution is -0.117. The molecule has 9 nitrogen and oxygen atoms in total. The van der Waals surface area contributed by atoms with Crippen LogP contribution in [0.5, 0.6) is 11.5 Å². The van der Waals surface area contributed by atoms with Crippen LogP contribution in [0.2, 0.25) is 0 Å². The van der Waals surface area contributed by atoms with Gasteiger partial charge in [0.15, 0.2) is 11.5 Å². The molecule has 0 bridgehead atoms. The van der Waals surface area contributed by atoms with E-state index < -0.39 is 18.0 Å². The molecule has 0 saturated heterocycles. The quantitative estimate of drug-likeness (QED) is 0.343. The van der Waals surface area contributed by atoms with Gasteiger partial charge < -0.3 is 25.1 Å². The first-order chi connectivity index (χ1) is 15.9. The Bertz CT molecular complexity index is 1290. The zero-order valence-corrected chi connectivity index (χ0v) is 18.8. The van der Waals surface area contributed by atoms with Gasteiger partial charge in [0.25, 0.3) is 5.91 Å². The van der Waals surface area contributed by atoms with E-state index in [0.717, 1.165) is 22.2 Å². The van der Waals surface area contributed by atoms with Gasteiger partial charge in [0.05, 0.1) is 32.0 Å². The zero-order valence-electron chi connectivity index (χ0n) is 18.8. The molecule has 0 fully saturated rings. The van der Waals surface area contributed by atoms with Crippen molar-refractivity contribution in [2.75, 3.05) is 14.2 Å². The third-order valence-electron chi connectivity index (χ3n) is 5.56. The summed E-state index contributed by atoms with van der Waals surface area (Å²) < 4.78 is 10.7. The van der Waals surface area contributed by atoms with Gasteiger partial charge in [-0.15, -0.1) is 0 Å². The standard InChI is InChI=1S/C24H25N5O4/c1-13-17(16-7-5-6-8-18(16)26-13)12-25-29-23(30)21-14(2)27-24(31)28-22(21)15-9-10-19(32-3)20(11-15)33-4/h5-12,22,26H,1-4H3,(H,29,30)(H2,27,28,31)/b25-12+/t22-/m1/s1. The highest BCUT2D eigenvalue weighted by Crippen LogP contribution is 2.34. The maximum absolute atomic E-state index is 13.1. The summed E-state index contributed by atoms with van der Waals surface area (Å²) >= 11 is 0. The van der Waals surface area contributed by atoms with E-state index in [1.807, 2.05) is 31.2 Å². The number of allylic oxidation sites excluding steroid dienone is 1. The number of urea groups is 1. The van der Waals surface area contributed by atoms with E-state index >= 15 is 0 Å². The van der Waals surface area contributed by atoms with E-state index in [1.54, 1.807) is 38.4 Å². The maximum Gasteiger partial charge on any atom is 0.319 e. The lowest BCUT2D eigenvalue weighted by Crippen LogP contribution is -2.46. The van der Waals surface area contributed by atoms with Crippen LogP contribution in [0.1, 0.15) is 29.8 Å². The minimum atomic E-state index is -0.691. The summed E-state index contributed by atoms with van der Waals surface area (Å²) in [5.74, 6) is 0.605. The smallest absolute Gasteiger partial charge is 0.319 e. The number of aryl methyl sites for hydroxylation is 1. The van der Waals surface area contributed by atoms with E-state index in [-0.39, 0.29) is 0 Å². The van der Waals surface area contributed by atoms with Crippen molar-refractivity contribution in [1.82, 2.24) is 21.0 Å². The van der Waals surface area contributed by atoms with Crippen molar-refractivity contribution in [2.45, 2.75) is 19.9 Å². The van der Waals surface area contributed by atoms with Gasteiger partial charge in [0.2, 0.25) is 0 Å². The molecule has 2 heterocycles. The minimum Gasteiger partial charge on any atom is -0.493 e. The number of carbonyl (C=O) groups excluding carboxylic acids is 2. The molecule has 4 rings (SSSR count). The molecule has 0 unspecified atom stereocenters. The first-order valence-electron chi connectivity index (χ1n) is 10.3. The van der Waals surface area contributed by atoms with Crippen LogP contribution in [0.25, 0.3) is 10.9 Å². The van der Waals surface area contributed by atoms with Crippen molar-refractivity contribution >= 4 is 29.1 Å². The topological polar surface area (TPSA) is 117 Å². The van der Waals surface area contributed by atoms with Crippen LogP contribution in [-0.2, 0) is 4.79 Å². The highest BCUT2D eigenvalue weighted by atomic mass is 16.5. The number of rotatable bonds is 6. The van der Waals surface area contributed by atoms with E-state index in [9.17, 15) is 9.59 Å². The SMILES string of the molecule is COc1ccc([C@H]2NC(=O)NC(C)=C2C(=O)N/N=C/c2c(C)[nH]c3ccccc23)cc1OC. The van der Waals surface area contributed by atoms with Crippen LogP contribution in [0, 0.1) is 6.92 Å². The fraction of sp³-hybridized carbons (Fsp3) is 0.208. The van der Waals surface area contributed by atoms with Crippen molar-refractivity contribution in [3.8, 4) is 11.5 Å². The number of aromatic nitrogens is 1. The fourth-order valence-corrected chi connectivity index (χ4v) is 3.96. The number of aromatic amines is 1. The van der Waals surface area contributed by atoms with Crippen LogP contribution in [0.4, 0.5) is 4.79 Å². The summed E-state index contributed by atoms with van der Waals surface area (Å²) in [7, 11) is 3.07. The number of hydrazone groups is 1. The molecular weight excluding hydrogens is 422 g/mol. The van der Waals surface area contributed by atoms with Gasteiger partial charge in [0, 0.05) is 27.9 Å². The number of para-hydroxylation sites is 1. The maximum atomic E-state index is 13.1. The summed E-state index contributed by atoms with van der Waals surface area (Å²) in [6.45, 7) is 3.62. The highest BCUT2D eigenvalue weighted by Gasteiger charge is 2.31. The monoisotopic (exact) mass is 447 g/mol. The summed E-state index contributed by atoms with van der Waals surface area (Å²) in [6, 6.07) is 12.0. The van der Waals surface area contributed by atoms with Crippen molar-refractivity contribution < 1.29 is 19.1 Å². The van der Waals surface area contributed by atoms with Crippen molar-refractivity contribution in [1.29, 1.82) is 0 Å². The summed E-state index contributed by atoms with van der Waals surface area (Å²) in [6.07, 6.45) is 1.61. The Morgan fingerprint density at radius 2 is 1.85 bits per heavy atom. The van der Waals surface area contributed by atoms with Crippen LogP contribution in [0.15, 0.2) is 58.8 Å². The molecule has 33 heavy (non-hydrogen) atoms. The number of carbonyl (C=O) groups is 2. The van der Waals surface area contributed by atoms with Gasteiger partial charge in [-0.3, -0.25) is 4.79 Å². The van der Waals surface area contributed by atoms with Crippen molar-refractivity contribution in [2.24, 2.45) is 5.10 Å². The van der Waals surface area contributed by atoms with Gasteiger partial charge >= 0.3 is 6.03 Å². The van der Waals surface area contributed by atoms with Gasteiger partial charge in [-0.2, -0.15) is 5.10 Å². The summed E-state index contributed by atoms with van der Waals surface area (Å²) in [5, 5.41) is 10.6. The number of amides is 3. The fourth-order valence-electron chi connectivity index (χ4n) is 3.96. The van der Waals surface area contributed by atoms with Crippen molar-refractivity contribution in [3.63, 3.8) is 0 Å². The number of fused-ring (bicyclic) bond motifs is 1. The molecular formula is C24H25N5O4. The third-order valence-corrected chi connectivity index (χ3v) is 5.56. The van der Waals surface area contributed by atoms with Gasteiger partial charge in [0.1, 0.15) is 0 Å². The van der Waals surface area contributed by atoms with Crippen molar-refractivity contribution in [3.05, 3.63) is 70.6 Å². The molecule has 170 valence electrons. The predicted octanol–water partition coefficient (Wildman–Crippen LogP) is 3.27. The average molecular weight is 447 g/mol. The predicted molar refractivity (Wildman–Crippen MR) is 125 cm³/mol. The number of benzene rings is 2. The molecule has 1 atom stereocenters. The Labute approximate surface area is 190 Å². The number of ether oxygens (including phenoxy) is 2. The van der Waals surface area contributed by atoms with Crippen LogP contribution in [-0.4, -0.2) is 37.4 Å². The largest absolute Gasteiger partial charge is 0.493 e. The molecule has 1 aliphatic rings.